The van der Waals surface area contributed by atoms with Crippen molar-refractivity contribution in [3.8, 4) is 0 Å². The topological polar surface area (TPSA) is 86.7 Å². The van der Waals surface area contributed by atoms with Crippen LogP contribution in [-0.4, -0.2) is 22.3 Å². The summed E-state index contributed by atoms with van der Waals surface area (Å²) in [6.07, 6.45) is 6.20. The molecule has 0 amide bonds. The number of fused-ring (bicyclic) bond motifs is 3. The van der Waals surface area contributed by atoms with Crippen molar-refractivity contribution < 1.29 is 9.53 Å². The zero-order valence-electron chi connectivity index (χ0n) is 13.2. The fourth-order valence-electron chi connectivity index (χ4n) is 2.73. The average Bonchev–Trinajstić information content (AvgIpc) is 2.98. The maximum Gasteiger partial charge on any atom is 0.283 e. The van der Waals surface area contributed by atoms with Gasteiger partial charge in [-0.15, -0.1) is 0 Å². The third-order valence-corrected chi connectivity index (χ3v) is 4.96. The Morgan fingerprint density at radius 1 is 1.24 bits per heavy atom. The summed E-state index contributed by atoms with van der Waals surface area (Å²) in [5.41, 5.74) is 7.69. The summed E-state index contributed by atoms with van der Waals surface area (Å²) in [4.78, 5) is 28.8. The maximum absolute atomic E-state index is 12.4. The van der Waals surface area contributed by atoms with Gasteiger partial charge in [-0.25, -0.2) is 0 Å². The number of methoxy groups -OCH3 is 1. The summed E-state index contributed by atoms with van der Waals surface area (Å²) < 4.78 is 7.80. The highest BCUT2D eigenvalue weighted by Crippen LogP contribution is 2.28. The Labute approximate surface area is 146 Å². The predicted molar refractivity (Wildman–Crippen MR) is 98.5 cm³/mol. The largest absolute Gasteiger partial charge is 0.493 e. The molecule has 0 bridgehead atoms. The molecule has 4 rings (SSSR count). The lowest BCUT2D eigenvalue weighted by atomic mass is 10.0. The molecule has 0 saturated carbocycles. The Morgan fingerprint density at radius 3 is 2.84 bits per heavy atom. The molecular formula is C18H13N3O3S. The second kappa shape index (κ2) is 5.71. The van der Waals surface area contributed by atoms with Gasteiger partial charge in [-0.2, -0.15) is 4.98 Å². The normalized spacial score (nSPS) is 16.0. The molecule has 0 atom stereocenters. The Morgan fingerprint density at radius 2 is 2.04 bits per heavy atom. The van der Waals surface area contributed by atoms with Crippen LogP contribution >= 0.6 is 11.3 Å². The highest BCUT2D eigenvalue weighted by Gasteiger charge is 2.16. The molecule has 0 saturated heterocycles. The lowest BCUT2D eigenvalue weighted by Gasteiger charge is -2.09. The Hall–Kier alpha value is -3.19. The molecule has 2 heterocycles. The van der Waals surface area contributed by atoms with Crippen molar-refractivity contribution >= 4 is 44.2 Å². The second-order valence-corrected chi connectivity index (χ2v) is 6.47. The van der Waals surface area contributed by atoms with Gasteiger partial charge in [0.15, 0.2) is 10.7 Å². The average molecular weight is 351 g/mol. The number of anilines is 1. The number of benzene rings is 1. The predicted octanol–water partition coefficient (Wildman–Crippen LogP) is 2.54. The van der Waals surface area contributed by atoms with E-state index in [4.69, 9.17) is 10.5 Å². The van der Waals surface area contributed by atoms with Crippen LogP contribution in [0.3, 0.4) is 0 Å². The minimum absolute atomic E-state index is 0.211. The summed E-state index contributed by atoms with van der Waals surface area (Å²) >= 11 is 1.41. The van der Waals surface area contributed by atoms with Gasteiger partial charge >= 0.3 is 0 Å². The number of nitrogen functional groups attached to an aromatic ring is 1. The number of ether oxygens (including phenoxy) is 1. The first-order valence-corrected chi connectivity index (χ1v) is 8.29. The number of nitrogens with two attached hydrogens (primary N) is 1. The van der Waals surface area contributed by atoms with E-state index in [0.717, 1.165) is 10.2 Å². The lowest BCUT2D eigenvalue weighted by Crippen LogP contribution is -2.16. The van der Waals surface area contributed by atoms with Crippen LogP contribution in [0.25, 0.3) is 21.3 Å². The molecule has 124 valence electrons. The zero-order chi connectivity index (χ0) is 17.6. The number of rotatable bonds is 2. The smallest absolute Gasteiger partial charge is 0.283 e. The van der Waals surface area contributed by atoms with E-state index in [-0.39, 0.29) is 17.1 Å². The van der Waals surface area contributed by atoms with Gasteiger partial charge in [-0.1, -0.05) is 29.5 Å². The number of hydrogen-bond acceptors (Lipinski definition) is 6. The fourth-order valence-corrected chi connectivity index (χ4v) is 3.76. The van der Waals surface area contributed by atoms with E-state index in [1.165, 1.54) is 24.5 Å². The van der Waals surface area contributed by atoms with Crippen LogP contribution in [0.4, 0.5) is 5.82 Å². The molecule has 0 fully saturated rings. The fraction of sp³-hybridized carbons (Fsp3) is 0.0556. The van der Waals surface area contributed by atoms with Crippen LogP contribution in [0, 0.1) is 0 Å². The minimum Gasteiger partial charge on any atom is -0.493 e. The number of aromatic nitrogens is 2. The molecule has 1 aliphatic rings. The van der Waals surface area contributed by atoms with Gasteiger partial charge in [-0.3, -0.25) is 14.0 Å². The van der Waals surface area contributed by atoms with Crippen LogP contribution in [0.2, 0.25) is 0 Å². The van der Waals surface area contributed by atoms with Crippen LogP contribution in [0.1, 0.15) is 5.56 Å². The van der Waals surface area contributed by atoms with Crippen molar-refractivity contribution in [2.75, 3.05) is 12.8 Å². The van der Waals surface area contributed by atoms with Gasteiger partial charge in [0, 0.05) is 0 Å². The molecule has 7 heteroatoms. The van der Waals surface area contributed by atoms with Crippen molar-refractivity contribution in [1.29, 1.82) is 0 Å². The van der Waals surface area contributed by atoms with E-state index in [1.807, 2.05) is 24.3 Å². The maximum atomic E-state index is 12.4. The zero-order valence-corrected chi connectivity index (χ0v) is 14.0. The van der Waals surface area contributed by atoms with E-state index < -0.39 is 5.56 Å². The summed E-state index contributed by atoms with van der Waals surface area (Å²) in [7, 11) is 1.43. The third-order valence-electron chi connectivity index (χ3n) is 3.94. The molecule has 6 nitrogen and oxygen atoms in total. The van der Waals surface area contributed by atoms with Crippen molar-refractivity contribution in [3.63, 3.8) is 0 Å². The number of allylic oxidation sites excluding steroid dienone is 4. The number of thiazole rings is 1. The number of carbonyl (C=O) groups excluding carboxylic acids is 1. The van der Waals surface area contributed by atoms with Gasteiger partial charge in [0.1, 0.15) is 5.82 Å². The number of para-hydroxylation sites is 1. The van der Waals surface area contributed by atoms with Crippen molar-refractivity contribution in [2.24, 2.45) is 0 Å². The SMILES string of the molecule is COC1=C/C(=C/c2c(N)n3c(nc2=O)sc2ccccc23)C=CC1=O. The molecule has 0 aliphatic heterocycles. The monoisotopic (exact) mass is 351 g/mol. The number of carbonyl (C=O) groups is 1. The first-order valence-electron chi connectivity index (χ1n) is 7.48. The van der Waals surface area contributed by atoms with Crippen LogP contribution < -0.4 is 11.3 Å². The highest BCUT2D eigenvalue weighted by atomic mass is 32.1. The molecule has 0 spiro atoms. The summed E-state index contributed by atoms with van der Waals surface area (Å²) in [5, 5.41) is 0. The molecule has 25 heavy (non-hydrogen) atoms. The van der Waals surface area contributed by atoms with Gasteiger partial charge in [0.2, 0.25) is 5.78 Å². The van der Waals surface area contributed by atoms with Gasteiger partial charge < -0.3 is 10.5 Å². The van der Waals surface area contributed by atoms with E-state index in [1.54, 1.807) is 22.6 Å². The number of nitrogens with zero attached hydrogens (tertiary/aromatic N) is 2. The minimum atomic E-state index is -0.408. The molecule has 1 aromatic carbocycles. The Balaban J connectivity index is 1.97. The van der Waals surface area contributed by atoms with Gasteiger partial charge in [0.05, 0.1) is 22.9 Å². The van der Waals surface area contributed by atoms with Crippen molar-refractivity contribution in [3.05, 3.63) is 69.7 Å². The van der Waals surface area contributed by atoms with E-state index >= 15 is 0 Å². The van der Waals surface area contributed by atoms with E-state index in [9.17, 15) is 9.59 Å². The Bertz CT molecular complexity index is 1180. The summed E-state index contributed by atoms with van der Waals surface area (Å²) in [6.45, 7) is 0. The third kappa shape index (κ3) is 2.45. The molecule has 2 aromatic heterocycles. The first kappa shape index (κ1) is 15.3. The molecule has 0 radical (unpaired) electrons. The quantitative estimate of drug-likeness (QED) is 0.767. The number of ketones is 1. The molecule has 1 aliphatic carbocycles. The molecular weight excluding hydrogens is 338 g/mol. The van der Waals surface area contributed by atoms with Crippen LogP contribution in [0.15, 0.2) is 58.6 Å². The van der Waals surface area contributed by atoms with Gasteiger partial charge in [0.25, 0.3) is 5.56 Å². The van der Waals surface area contributed by atoms with E-state index in [0.29, 0.717) is 16.4 Å². The molecule has 3 aromatic rings. The second-order valence-electron chi connectivity index (χ2n) is 5.46. The summed E-state index contributed by atoms with van der Waals surface area (Å²) in [5.74, 6) is 0.307. The lowest BCUT2D eigenvalue weighted by molar-refractivity contribution is -0.114. The highest BCUT2D eigenvalue weighted by molar-refractivity contribution is 7.23. The van der Waals surface area contributed by atoms with Crippen molar-refractivity contribution in [1.82, 2.24) is 9.38 Å². The molecule has 0 unspecified atom stereocenters. The van der Waals surface area contributed by atoms with E-state index in [2.05, 4.69) is 4.98 Å². The number of hydrogen-bond donors (Lipinski definition) is 1. The standard InChI is InChI=1S/C18H13N3O3S/c1-24-14-9-10(6-7-13(14)22)8-11-16(19)21-12-4-2-3-5-15(12)25-18(21)20-17(11)23/h2-9H,19H2,1H3/b10-8+. The molecule has 2 N–H and O–H groups in total. The van der Waals surface area contributed by atoms with Crippen LogP contribution in [-0.2, 0) is 9.53 Å². The summed E-state index contributed by atoms with van der Waals surface area (Å²) in [6, 6.07) is 7.73. The van der Waals surface area contributed by atoms with Gasteiger partial charge in [-0.05, 0) is 35.9 Å². The Kier molecular flexibility index (Phi) is 3.51. The van der Waals surface area contributed by atoms with Crippen molar-refractivity contribution in [2.45, 2.75) is 0 Å². The van der Waals surface area contributed by atoms with Crippen LogP contribution in [0.5, 0.6) is 0 Å². The first-order chi connectivity index (χ1) is 12.1.